The van der Waals surface area contributed by atoms with Crippen LogP contribution >= 0.6 is 0 Å². The second kappa shape index (κ2) is 4.59. The number of carboxylic acid groups (broad SMARTS) is 1. The quantitative estimate of drug-likeness (QED) is 0.603. The maximum absolute atomic E-state index is 11.6. The van der Waals surface area contributed by atoms with Crippen molar-refractivity contribution in [3.8, 4) is 5.75 Å². The summed E-state index contributed by atoms with van der Waals surface area (Å²) in [7, 11) is 1.52. The lowest BCUT2D eigenvalue weighted by molar-refractivity contribution is -0.139. The van der Waals surface area contributed by atoms with Gasteiger partial charge >= 0.3 is 5.97 Å². The second-order valence-corrected chi connectivity index (χ2v) is 3.15. The lowest BCUT2D eigenvalue weighted by atomic mass is 10.00. The molecule has 1 aromatic carbocycles. The van der Waals surface area contributed by atoms with Gasteiger partial charge in [-0.3, -0.25) is 9.59 Å². The Hall–Kier alpha value is -1.84. The Balaban J connectivity index is 2.87. The summed E-state index contributed by atoms with van der Waals surface area (Å²) < 4.78 is 4.93. The van der Waals surface area contributed by atoms with E-state index in [0.717, 1.165) is 0 Å². The number of hydrogen-bond donors (Lipinski definition) is 1. The number of ether oxygens (including phenoxy) is 1. The molecule has 0 aliphatic heterocycles. The van der Waals surface area contributed by atoms with Crippen molar-refractivity contribution in [2.45, 2.75) is 6.92 Å². The number of rotatable bonds is 4. The minimum Gasteiger partial charge on any atom is -0.497 e. The van der Waals surface area contributed by atoms with Gasteiger partial charge in [0.2, 0.25) is 0 Å². The zero-order valence-electron chi connectivity index (χ0n) is 8.56. The van der Waals surface area contributed by atoms with Gasteiger partial charge in [-0.15, -0.1) is 0 Å². The molecular weight excluding hydrogens is 196 g/mol. The molecule has 1 atom stereocenters. The van der Waals surface area contributed by atoms with Crippen LogP contribution in [0.4, 0.5) is 0 Å². The molecule has 0 saturated heterocycles. The summed E-state index contributed by atoms with van der Waals surface area (Å²) in [4.78, 5) is 22.2. The van der Waals surface area contributed by atoms with Crippen LogP contribution < -0.4 is 4.74 Å². The largest absolute Gasteiger partial charge is 0.497 e. The minimum absolute atomic E-state index is 0.380. The molecule has 0 fully saturated rings. The predicted octanol–water partition coefficient (Wildman–Crippen LogP) is 1.60. The van der Waals surface area contributed by atoms with Crippen LogP contribution in [0.3, 0.4) is 0 Å². The fourth-order valence-electron chi connectivity index (χ4n) is 1.12. The normalized spacial score (nSPS) is 11.9. The molecule has 0 radical (unpaired) electrons. The average Bonchev–Trinajstić information content (AvgIpc) is 2.27. The fourth-order valence-corrected chi connectivity index (χ4v) is 1.12. The molecule has 80 valence electrons. The Labute approximate surface area is 87.5 Å². The lowest BCUT2D eigenvalue weighted by Crippen LogP contribution is -2.20. The topological polar surface area (TPSA) is 63.6 Å². The third-order valence-electron chi connectivity index (χ3n) is 2.14. The van der Waals surface area contributed by atoms with Crippen molar-refractivity contribution >= 4 is 11.8 Å². The van der Waals surface area contributed by atoms with Crippen LogP contribution in [-0.4, -0.2) is 24.0 Å². The van der Waals surface area contributed by atoms with Crippen LogP contribution in [0.1, 0.15) is 17.3 Å². The number of carboxylic acids is 1. The molecule has 4 heteroatoms. The molecule has 0 spiro atoms. The second-order valence-electron chi connectivity index (χ2n) is 3.15. The Bertz CT molecular complexity index is 367. The fraction of sp³-hybridized carbons (Fsp3) is 0.273. The molecular formula is C11H12O4. The Morgan fingerprint density at radius 1 is 1.27 bits per heavy atom. The number of benzene rings is 1. The molecule has 0 aliphatic carbocycles. The number of Topliss-reactive ketones (excluding diaryl/α,β-unsaturated/α-hetero) is 1. The molecule has 0 heterocycles. The van der Waals surface area contributed by atoms with E-state index < -0.39 is 17.7 Å². The van der Waals surface area contributed by atoms with Crippen molar-refractivity contribution in [2.24, 2.45) is 5.92 Å². The average molecular weight is 208 g/mol. The van der Waals surface area contributed by atoms with E-state index in [-0.39, 0.29) is 0 Å². The Morgan fingerprint density at radius 3 is 2.20 bits per heavy atom. The highest BCUT2D eigenvalue weighted by Gasteiger charge is 2.21. The summed E-state index contributed by atoms with van der Waals surface area (Å²) in [5.41, 5.74) is 0.380. The summed E-state index contributed by atoms with van der Waals surface area (Å²) in [5, 5.41) is 8.67. The van der Waals surface area contributed by atoms with Crippen LogP contribution in [0.15, 0.2) is 24.3 Å². The molecule has 0 bridgehead atoms. The van der Waals surface area contributed by atoms with Gasteiger partial charge in [0.15, 0.2) is 5.78 Å². The molecule has 1 aromatic rings. The first kappa shape index (κ1) is 11.2. The van der Waals surface area contributed by atoms with Gasteiger partial charge in [-0.05, 0) is 31.2 Å². The molecule has 0 aromatic heterocycles. The molecule has 0 aliphatic rings. The van der Waals surface area contributed by atoms with Crippen LogP contribution in [0, 0.1) is 5.92 Å². The highest BCUT2D eigenvalue weighted by atomic mass is 16.5. The van der Waals surface area contributed by atoms with Crippen LogP contribution in [0.5, 0.6) is 5.75 Å². The first-order valence-corrected chi connectivity index (χ1v) is 4.47. The van der Waals surface area contributed by atoms with Gasteiger partial charge < -0.3 is 9.84 Å². The van der Waals surface area contributed by atoms with Crippen molar-refractivity contribution in [3.05, 3.63) is 29.8 Å². The molecule has 1 N–H and O–H groups in total. The van der Waals surface area contributed by atoms with E-state index in [1.165, 1.54) is 14.0 Å². The van der Waals surface area contributed by atoms with Gasteiger partial charge in [0, 0.05) is 5.56 Å². The number of aliphatic carboxylic acids is 1. The van der Waals surface area contributed by atoms with Crippen molar-refractivity contribution in [1.82, 2.24) is 0 Å². The van der Waals surface area contributed by atoms with Gasteiger partial charge in [-0.1, -0.05) is 0 Å². The maximum Gasteiger partial charge on any atom is 0.314 e. The minimum atomic E-state index is -1.11. The van der Waals surface area contributed by atoms with E-state index in [9.17, 15) is 9.59 Å². The lowest BCUT2D eigenvalue weighted by Gasteiger charge is -2.05. The molecule has 0 saturated carbocycles. The van der Waals surface area contributed by atoms with E-state index in [0.29, 0.717) is 11.3 Å². The summed E-state index contributed by atoms with van der Waals surface area (Å²) in [5.74, 6) is -1.89. The Morgan fingerprint density at radius 2 is 1.80 bits per heavy atom. The van der Waals surface area contributed by atoms with Crippen molar-refractivity contribution in [3.63, 3.8) is 0 Å². The maximum atomic E-state index is 11.6. The third-order valence-corrected chi connectivity index (χ3v) is 2.14. The molecule has 0 amide bonds. The highest BCUT2D eigenvalue weighted by molar-refractivity contribution is 6.07. The SMILES string of the molecule is COc1ccc(C(=O)C(C)C(=O)O)cc1. The van der Waals surface area contributed by atoms with Crippen molar-refractivity contribution in [1.29, 1.82) is 0 Å². The first-order valence-electron chi connectivity index (χ1n) is 4.47. The van der Waals surface area contributed by atoms with Crippen molar-refractivity contribution < 1.29 is 19.4 Å². The molecule has 4 nitrogen and oxygen atoms in total. The van der Waals surface area contributed by atoms with Crippen LogP contribution in [0.2, 0.25) is 0 Å². The van der Waals surface area contributed by atoms with E-state index in [1.54, 1.807) is 24.3 Å². The van der Waals surface area contributed by atoms with Gasteiger partial charge in [-0.25, -0.2) is 0 Å². The predicted molar refractivity (Wildman–Crippen MR) is 54.1 cm³/mol. The van der Waals surface area contributed by atoms with Gasteiger partial charge in [0.05, 0.1) is 7.11 Å². The first-order chi connectivity index (χ1) is 7.06. The molecule has 15 heavy (non-hydrogen) atoms. The van der Waals surface area contributed by atoms with E-state index >= 15 is 0 Å². The number of ketones is 1. The van der Waals surface area contributed by atoms with Crippen molar-refractivity contribution in [2.75, 3.05) is 7.11 Å². The summed E-state index contributed by atoms with van der Waals surface area (Å²) in [6.07, 6.45) is 0. The van der Waals surface area contributed by atoms with E-state index in [4.69, 9.17) is 9.84 Å². The number of hydrogen-bond acceptors (Lipinski definition) is 3. The number of carbonyl (C=O) groups excluding carboxylic acids is 1. The number of methoxy groups -OCH3 is 1. The van der Waals surface area contributed by atoms with Crippen LogP contribution in [0.25, 0.3) is 0 Å². The smallest absolute Gasteiger partial charge is 0.314 e. The highest BCUT2D eigenvalue weighted by Crippen LogP contribution is 2.14. The monoisotopic (exact) mass is 208 g/mol. The standard InChI is InChI=1S/C11H12O4/c1-7(11(13)14)10(12)8-3-5-9(15-2)6-4-8/h3-7H,1-2H3,(H,13,14). The van der Waals surface area contributed by atoms with Gasteiger partial charge in [-0.2, -0.15) is 0 Å². The zero-order chi connectivity index (χ0) is 11.4. The van der Waals surface area contributed by atoms with E-state index in [2.05, 4.69) is 0 Å². The van der Waals surface area contributed by atoms with Crippen LogP contribution in [-0.2, 0) is 4.79 Å². The zero-order valence-corrected chi connectivity index (χ0v) is 8.56. The summed E-state index contributed by atoms with van der Waals surface area (Å²) >= 11 is 0. The van der Waals surface area contributed by atoms with Gasteiger partial charge in [0.25, 0.3) is 0 Å². The summed E-state index contributed by atoms with van der Waals surface area (Å²) in [6.45, 7) is 1.37. The number of carbonyl (C=O) groups is 2. The third kappa shape index (κ3) is 2.56. The Kier molecular flexibility index (Phi) is 3.44. The summed E-state index contributed by atoms with van der Waals surface area (Å²) in [6, 6.07) is 6.37. The molecule has 1 rings (SSSR count). The van der Waals surface area contributed by atoms with Gasteiger partial charge in [0.1, 0.15) is 11.7 Å². The van der Waals surface area contributed by atoms with E-state index in [1.807, 2.05) is 0 Å². The molecule has 1 unspecified atom stereocenters.